The molecule has 1 aromatic carbocycles. The molecular formula is C15H17BrN4S. The first kappa shape index (κ1) is 13.8. The van der Waals surface area contributed by atoms with Crippen LogP contribution >= 0.6 is 27.7 Å². The molecule has 0 radical (unpaired) electrons. The minimum absolute atomic E-state index is 0.551. The highest BCUT2D eigenvalue weighted by atomic mass is 79.9. The van der Waals surface area contributed by atoms with Gasteiger partial charge in [-0.15, -0.1) is 10.2 Å². The summed E-state index contributed by atoms with van der Waals surface area (Å²) in [6, 6.07) is 6.94. The predicted octanol–water partition coefficient (Wildman–Crippen LogP) is 3.86. The highest BCUT2D eigenvalue weighted by Gasteiger charge is 2.36. The largest absolute Gasteiger partial charge is 0.326 e. The summed E-state index contributed by atoms with van der Waals surface area (Å²) in [6.07, 6.45) is 5.06. The van der Waals surface area contributed by atoms with Gasteiger partial charge in [-0.2, -0.15) is 0 Å². The van der Waals surface area contributed by atoms with Gasteiger partial charge < -0.3 is 10.3 Å². The minimum atomic E-state index is 0.551. The molecule has 0 aliphatic heterocycles. The molecule has 1 aromatic heterocycles. The van der Waals surface area contributed by atoms with Crippen LogP contribution in [-0.4, -0.2) is 14.8 Å². The Morgan fingerprint density at radius 2 is 2.00 bits per heavy atom. The summed E-state index contributed by atoms with van der Waals surface area (Å²) in [5.74, 6) is 1.85. The summed E-state index contributed by atoms with van der Waals surface area (Å²) < 4.78 is 3.44. The van der Waals surface area contributed by atoms with E-state index in [0.29, 0.717) is 18.5 Å². The van der Waals surface area contributed by atoms with E-state index in [1.807, 2.05) is 0 Å². The molecule has 6 heteroatoms. The van der Waals surface area contributed by atoms with Gasteiger partial charge in [0, 0.05) is 27.9 Å². The highest BCUT2D eigenvalue weighted by Crippen LogP contribution is 2.46. The van der Waals surface area contributed by atoms with Crippen LogP contribution in [0.3, 0.4) is 0 Å². The van der Waals surface area contributed by atoms with Gasteiger partial charge in [-0.05, 0) is 61.2 Å². The molecule has 2 N–H and O–H groups in total. The number of aromatic nitrogens is 3. The second kappa shape index (κ2) is 5.41. The van der Waals surface area contributed by atoms with E-state index in [1.165, 1.54) is 36.4 Å². The van der Waals surface area contributed by atoms with Crippen molar-refractivity contribution >= 4 is 27.7 Å². The molecule has 0 spiro atoms. The molecule has 0 unspecified atom stereocenters. The molecule has 2 aliphatic carbocycles. The summed E-state index contributed by atoms with van der Waals surface area (Å²) in [4.78, 5) is 1.17. The van der Waals surface area contributed by atoms with Crippen LogP contribution in [0.1, 0.15) is 49.0 Å². The van der Waals surface area contributed by atoms with E-state index < -0.39 is 0 Å². The molecule has 4 nitrogen and oxygen atoms in total. The first-order valence-electron chi connectivity index (χ1n) is 7.37. The highest BCUT2D eigenvalue weighted by molar-refractivity contribution is 9.10. The van der Waals surface area contributed by atoms with Crippen molar-refractivity contribution in [2.75, 3.05) is 0 Å². The van der Waals surface area contributed by atoms with Crippen molar-refractivity contribution in [2.24, 2.45) is 5.73 Å². The van der Waals surface area contributed by atoms with Crippen LogP contribution in [0, 0.1) is 0 Å². The van der Waals surface area contributed by atoms with Gasteiger partial charge in [-0.25, -0.2) is 0 Å². The van der Waals surface area contributed by atoms with Crippen molar-refractivity contribution in [1.82, 2.24) is 14.8 Å². The van der Waals surface area contributed by atoms with E-state index in [9.17, 15) is 0 Å². The number of rotatable bonds is 5. The van der Waals surface area contributed by atoms with Crippen molar-refractivity contribution in [3.8, 4) is 0 Å². The van der Waals surface area contributed by atoms with E-state index in [0.717, 1.165) is 15.2 Å². The van der Waals surface area contributed by atoms with E-state index in [2.05, 4.69) is 48.9 Å². The number of nitrogens with zero attached hydrogens (tertiary/aromatic N) is 3. The fourth-order valence-electron chi connectivity index (χ4n) is 2.56. The molecule has 0 saturated heterocycles. The van der Waals surface area contributed by atoms with Crippen molar-refractivity contribution in [3.63, 3.8) is 0 Å². The molecular weight excluding hydrogens is 348 g/mol. The first-order chi connectivity index (χ1) is 10.2. The Bertz CT molecular complexity index is 676. The number of benzene rings is 1. The lowest BCUT2D eigenvalue weighted by molar-refractivity contribution is 0.627. The molecule has 0 bridgehead atoms. The lowest BCUT2D eigenvalue weighted by Crippen LogP contribution is -2.02. The van der Waals surface area contributed by atoms with Crippen LogP contribution in [-0.2, 0) is 6.54 Å². The summed E-state index contributed by atoms with van der Waals surface area (Å²) in [5.41, 5.74) is 6.89. The Morgan fingerprint density at radius 1 is 1.19 bits per heavy atom. The van der Waals surface area contributed by atoms with Gasteiger partial charge >= 0.3 is 0 Å². The van der Waals surface area contributed by atoms with Gasteiger partial charge in [0.25, 0.3) is 0 Å². The summed E-state index contributed by atoms with van der Waals surface area (Å²) in [5, 5.41) is 9.93. The molecule has 0 atom stereocenters. The van der Waals surface area contributed by atoms with E-state index >= 15 is 0 Å². The third-order valence-electron chi connectivity index (χ3n) is 3.92. The van der Waals surface area contributed by atoms with Crippen LogP contribution < -0.4 is 5.73 Å². The third kappa shape index (κ3) is 2.89. The summed E-state index contributed by atoms with van der Waals surface area (Å²) in [6.45, 7) is 0.551. The molecule has 1 heterocycles. The molecule has 21 heavy (non-hydrogen) atoms. The van der Waals surface area contributed by atoms with Crippen molar-refractivity contribution in [3.05, 3.63) is 34.1 Å². The van der Waals surface area contributed by atoms with Gasteiger partial charge in [0.15, 0.2) is 5.16 Å². The Morgan fingerprint density at radius 3 is 2.67 bits per heavy atom. The normalized spacial score (nSPS) is 18.2. The summed E-state index contributed by atoms with van der Waals surface area (Å²) in [7, 11) is 0. The number of halogens is 1. The maximum absolute atomic E-state index is 5.76. The lowest BCUT2D eigenvalue weighted by atomic mass is 10.2. The Labute approximate surface area is 136 Å². The van der Waals surface area contributed by atoms with Gasteiger partial charge in [-0.3, -0.25) is 0 Å². The topological polar surface area (TPSA) is 56.7 Å². The van der Waals surface area contributed by atoms with E-state index in [1.54, 1.807) is 11.8 Å². The van der Waals surface area contributed by atoms with Crippen molar-refractivity contribution < 1.29 is 0 Å². The van der Waals surface area contributed by atoms with Gasteiger partial charge in [0.2, 0.25) is 0 Å². The molecule has 0 amide bonds. The Balaban J connectivity index is 1.66. The SMILES string of the molecule is NCc1cc(Br)cc(Sc2nnc(C3CC3)n2C2CC2)c1. The molecule has 2 fully saturated rings. The molecule has 2 saturated carbocycles. The van der Waals surface area contributed by atoms with E-state index in [4.69, 9.17) is 5.73 Å². The quantitative estimate of drug-likeness (QED) is 0.874. The average molecular weight is 365 g/mol. The first-order valence-corrected chi connectivity index (χ1v) is 8.97. The van der Waals surface area contributed by atoms with Crippen LogP contribution in [0.2, 0.25) is 0 Å². The second-order valence-electron chi connectivity index (χ2n) is 5.82. The van der Waals surface area contributed by atoms with E-state index in [-0.39, 0.29) is 0 Å². The standard InChI is InChI=1S/C15H17BrN4S/c16-11-5-9(8-17)6-13(7-11)21-15-19-18-14(10-1-2-10)20(15)12-3-4-12/h5-7,10,12H,1-4,8,17H2. The van der Waals surface area contributed by atoms with Gasteiger partial charge in [0.1, 0.15) is 5.82 Å². The Hall–Kier alpha value is -0.850. The Kier molecular flexibility index (Phi) is 3.55. The fourth-order valence-corrected chi connectivity index (χ4v) is 4.28. The molecule has 110 valence electrons. The van der Waals surface area contributed by atoms with Crippen LogP contribution in [0.5, 0.6) is 0 Å². The van der Waals surface area contributed by atoms with Crippen LogP contribution in [0.25, 0.3) is 0 Å². The monoisotopic (exact) mass is 364 g/mol. The second-order valence-corrected chi connectivity index (χ2v) is 7.77. The van der Waals surface area contributed by atoms with Crippen LogP contribution in [0.4, 0.5) is 0 Å². The molecule has 4 rings (SSSR count). The van der Waals surface area contributed by atoms with Gasteiger partial charge in [0.05, 0.1) is 0 Å². The molecule has 2 aliphatic rings. The zero-order valence-electron chi connectivity index (χ0n) is 11.6. The van der Waals surface area contributed by atoms with Crippen molar-refractivity contribution in [2.45, 2.75) is 54.2 Å². The smallest absolute Gasteiger partial charge is 0.196 e. The number of nitrogens with two attached hydrogens (primary N) is 1. The van der Waals surface area contributed by atoms with Gasteiger partial charge in [-0.1, -0.05) is 15.9 Å². The number of hydrogen-bond donors (Lipinski definition) is 1. The van der Waals surface area contributed by atoms with Crippen molar-refractivity contribution in [1.29, 1.82) is 0 Å². The van der Waals surface area contributed by atoms with Crippen LogP contribution in [0.15, 0.2) is 32.7 Å². The zero-order chi connectivity index (χ0) is 14.4. The minimum Gasteiger partial charge on any atom is -0.326 e. The predicted molar refractivity (Wildman–Crippen MR) is 86.4 cm³/mol. The zero-order valence-corrected chi connectivity index (χ0v) is 14.0. The average Bonchev–Trinajstić information content (AvgIpc) is 3.37. The summed E-state index contributed by atoms with van der Waals surface area (Å²) >= 11 is 5.25. The maximum Gasteiger partial charge on any atom is 0.196 e. The lowest BCUT2D eigenvalue weighted by Gasteiger charge is -2.09. The maximum atomic E-state index is 5.76. The number of hydrogen-bond acceptors (Lipinski definition) is 4. The fraction of sp³-hybridized carbons (Fsp3) is 0.467. The molecule has 2 aromatic rings. The third-order valence-corrected chi connectivity index (χ3v) is 5.31.